The van der Waals surface area contributed by atoms with E-state index in [0.29, 0.717) is 22.4 Å². The Hall–Kier alpha value is -1.36. The second-order valence-corrected chi connectivity index (χ2v) is 3.72. The van der Waals surface area contributed by atoms with Crippen LogP contribution in [0.3, 0.4) is 0 Å². The molecule has 2 rings (SSSR count). The lowest BCUT2D eigenvalue weighted by Gasteiger charge is -2.04. The summed E-state index contributed by atoms with van der Waals surface area (Å²) in [4.78, 5) is 0. The van der Waals surface area contributed by atoms with Crippen LogP contribution in [0.5, 0.6) is 5.75 Å². The molecule has 0 aliphatic carbocycles. The van der Waals surface area contributed by atoms with Crippen LogP contribution in [-0.2, 0) is 5.33 Å². The van der Waals surface area contributed by atoms with Crippen LogP contribution in [0.15, 0.2) is 28.8 Å². The highest BCUT2D eigenvalue weighted by Crippen LogP contribution is 2.31. The smallest absolute Gasteiger partial charge is 0.170 e. The first-order valence-electron chi connectivity index (χ1n) is 4.60. The predicted molar refractivity (Wildman–Crippen MR) is 61.1 cm³/mol. The van der Waals surface area contributed by atoms with Gasteiger partial charge in [0.2, 0.25) is 0 Å². The van der Waals surface area contributed by atoms with Gasteiger partial charge in [0.15, 0.2) is 5.76 Å². The largest absolute Gasteiger partial charge is 0.496 e. The number of alkyl halides is 1. The Labute approximate surface area is 100 Å². The first-order valence-corrected chi connectivity index (χ1v) is 5.72. The maximum absolute atomic E-state index is 13.1. The molecule has 0 radical (unpaired) electrons. The third kappa shape index (κ3) is 2.09. The summed E-state index contributed by atoms with van der Waals surface area (Å²) in [6.45, 7) is 0. The van der Waals surface area contributed by atoms with E-state index in [9.17, 15) is 4.39 Å². The summed E-state index contributed by atoms with van der Waals surface area (Å²) in [6, 6.07) is 5.99. The first kappa shape index (κ1) is 11.1. The van der Waals surface area contributed by atoms with E-state index in [1.807, 2.05) is 0 Å². The summed E-state index contributed by atoms with van der Waals surface area (Å²) < 4.78 is 23.4. The summed E-state index contributed by atoms with van der Waals surface area (Å²) in [6.07, 6.45) is 0. The van der Waals surface area contributed by atoms with Gasteiger partial charge in [0.25, 0.3) is 0 Å². The Bertz CT molecular complexity index is 498. The van der Waals surface area contributed by atoms with Crippen molar-refractivity contribution in [1.82, 2.24) is 5.16 Å². The molecule has 0 aliphatic heterocycles. The van der Waals surface area contributed by atoms with Gasteiger partial charge in [0.05, 0.1) is 18.4 Å². The maximum atomic E-state index is 13.1. The number of nitrogens with zero attached hydrogens (tertiary/aromatic N) is 1. The van der Waals surface area contributed by atoms with E-state index < -0.39 is 0 Å². The zero-order valence-corrected chi connectivity index (χ0v) is 10.1. The molecule has 0 unspecified atom stereocenters. The van der Waals surface area contributed by atoms with Crippen molar-refractivity contribution in [2.75, 3.05) is 7.11 Å². The van der Waals surface area contributed by atoms with Crippen molar-refractivity contribution >= 4 is 15.9 Å². The topological polar surface area (TPSA) is 35.3 Å². The minimum Gasteiger partial charge on any atom is -0.496 e. The summed E-state index contributed by atoms with van der Waals surface area (Å²) in [5.74, 6) is 0.706. The summed E-state index contributed by atoms with van der Waals surface area (Å²) in [7, 11) is 1.53. The first-order chi connectivity index (χ1) is 7.74. The van der Waals surface area contributed by atoms with Crippen LogP contribution >= 0.6 is 15.9 Å². The van der Waals surface area contributed by atoms with Crippen LogP contribution < -0.4 is 4.74 Å². The van der Waals surface area contributed by atoms with E-state index >= 15 is 0 Å². The van der Waals surface area contributed by atoms with E-state index in [1.165, 1.54) is 19.2 Å². The second kappa shape index (κ2) is 4.65. The highest BCUT2D eigenvalue weighted by atomic mass is 79.9. The van der Waals surface area contributed by atoms with Crippen LogP contribution in [-0.4, -0.2) is 12.3 Å². The molecule has 0 fully saturated rings. The molecule has 0 aliphatic rings. The van der Waals surface area contributed by atoms with E-state index in [0.717, 1.165) is 5.69 Å². The molecule has 1 aromatic carbocycles. The molecule has 0 N–H and O–H groups in total. The third-order valence-corrected chi connectivity index (χ3v) is 2.70. The van der Waals surface area contributed by atoms with Gasteiger partial charge in [-0.05, 0) is 18.2 Å². The molecule has 0 bridgehead atoms. The molecule has 0 amide bonds. The van der Waals surface area contributed by atoms with Crippen molar-refractivity contribution < 1.29 is 13.7 Å². The molecule has 1 aromatic heterocycles. The molecule has 84 valence electrons. The Balaban J connectivity index is 2.49. The Morgan fingerprint density at radius 2 is 2.25 bits per heavy atom. The molecular formula is C11H9BrFNO2. The van der Waals surface area contributed by atoms with Crippen LogP contribution in [0.25, 0.3) is 11.3 Å². The van der Waals surface area contributed by atoms with Crippen molar-refractivity contribution in [2.24, 2.45) is 0 Å². The van der Waals surface area contributed by atoms with Crippen molar-refractivity contribution in [1.29, 1.82) is 0 Å². The van der Waals surface area contributed by atoms with Gasteiger partial charge in [-0.3, -0.25) is 0 Å². The molecule has 0 saturated carbocycles. The zero-order chi connectivity index (χ0) is 11.5. The quantitative estimate of drug-likeness (QED) is 0.811. The van der Waals surface area contributed by atoms with Gasteiger partial charge in [-0.2, -0.15) is 0 Å². The Morgan fingerprint density at radius 1 is 1.44 bits per heavy atom. The summed E-state index contributed by atoms with van der Waals surface area (Å²) in [5, 5.41) is 4.41. The summed E-state index contributed by atoms with van der Waals surface area (Å²) >= 11 is 3.27. The van der Waals surface area contributed by atoms with Gasteiger partial charge in [-0.1, -0.05) is 21.1 Å². The van der Waals surface area contributed by atoms with E-state index in [-0.39, 0.29) is 5.82 Å². The molecule has 2 aromatic rings. The van der Waals surface area contributed by atoms with Crippen LogP contribution in [0, 0.1) is 5.82 Å². The van der Waals surface area contributed by atoms with Crippen molar-refractivity contribution in [3.8, 4) is 17.1 Å². The van der Waals surface area contributed by atoms with Crippen molar-refractivity contribution in [3.05, 3.63) is 35.8 Å². The Morgan fingerprint density at radius 3 is 2.88 bits per heavy atom. The minimum absolute atomic E-state index is 0.340. The second-order valence-electron chi connectivity index (χ2n) is 3.16. The molecule has 16 heavy (non-hydrogen) atoms. The van der Waals surface area contributed by atoms with Gasteiger partial charge >= 0.3 is 0 Å². The minimum atomic E-state index is -0.340. The number of rotatable bonds is 3. The highest BCUT2D eigenvalue weighted by Gasteiger charge is 2.12. The van der Waals surface area contributed by atoms with Gasteiger partial charge in [0.1, 0.15) is 11.6 Å². The van der Waals surface area contributed by atoms with Gasteiger partial charge in [0, 0.05) is 11.4 Å². The van der Waals surface area contributed by atoms with Gasteiger partial charge in [-0.15, -0.1) is 0 Å². The molecular weight excluding hydrogens is 277 g/mol. The molecule has 3 nitrogen and oxygen atoms in total. The van der Waals surface area contributed by atoms with Crippen molar-refractivity contribution in [2.45, 2.75) is 5.33 Å². The maximum Gasteiger partial charge on any atom is 0.170 e. The number of halogens is 2. The number of hydrogen-bond donors (Lipinski definition) is 0. The lowest BCUT2D eigenvalue weighted by Crippen LogP contribution is -1.88. The van der Waals surface area contributed by atoms with Crippen LogP contribution in [0.1, 0.15) is 5.69 Å². The fourth-order valence-corrected chi connectivity index (χ4v) is 1.64. The number of aromatic nitrogens is 1. The van der Waals surface area contributed by atoms with Gasteiger partial charge in [-0.25, -0.2) is 4.39 Å². The number of hydrogen-bond acceptors (Lipinski definition) is 3. The Kier molecular flexibility index (Phi) is 3.24. The van der Waals surface area contributed by atoms with Gasteiger partial charge < -0.3 is 9.26 Å². The summed E-state index contributed by atoms with van der Waals surface area (Å²) in [5.41, 5.74) is 1.31. The zero-order valence-electron chi connectivity index (χ0n) is 8.54. The SMILES string of the molecule is COc1ccc(F)cc1-c1cc(CBr)no1. The third-order valence-electron chi connectivity index (χ3n) is 2.12. The standard InChI is InChI=1S/C11H9BrFNO2/c1-15-10-3-2-7(13)4-9(10)11-5-8(6-12)14-16-11/h2-5H,6H2,1H3. The van der Waals surface area contributed by atoms with E-state index in [4.69, 9.17) is 9.26 Å². The highest BCUT2D eigenvalue weighted by molar-refractivity contribution is 9.08. The van der Waals surface area contributed by atoms with E-state index in [1.54, 1.807) is 12.1 Å². The number of ether oxygens (including phenoxy) is 1. The molecule has 5 heteroatoms. The van der Waals surface area contributed by atoms with Crippen LogP contribution in [0.4, 0.5) is 4.39 Å². The monoisotopic (exact) mass is 285 g/mol. The fraction of sp³-hybridized carbons (Fsp3) is 0.182. The predicted octanol–water partition coefficient (Wildman–Crippen LogP) is 3.38. The lowest BCUT2D eigenvalue weighted by atomic mass is 10.1. The van der Waals surface area contributed by atoms with Crippen molar-refractivity contribution in [3.63, 3.8) is 0 Å². The lowest BCUT2D eigenvalue weighted by molar-refractivity contribution is 0.403. The average molecular weight is 286 g/mol. The average Bonchev–Trinajstić information content (AvgIpc) is 2.77. The molecule has 0 saturated heterocycles. The van der Waals surface area contributed by atoms with E-state index in [2.05, 4.69) is 21.1 Å². The number of benzene rings is 1. The molecule has 1 heterocycles. The molecule has 0 atom stereocenters. The normalized spacial score (nSPS) is 10.4. The number of methoxy groups -OCH3 is 1. The van der Waals surface area contributed by atoms with Crippen LogP contribution in [0.2, 0.25) is 0 Å². The fourth-order valence-electron chi connectivity index (χ4n) is 1.37. The molecule has 0 spiro atoms.